The number of nitrogens with one attached hydrogen (secondary N) is 1. The predicted molar refractivity (Wildman–Crippen MR) is 77.5 cm³/mol. The Balaban J connectivity index is 1.79. The van der Waals surface area contributed by atoms with Crippen LogP contribution in [0.15, 0.2) is 36.5 Å². The summed E-state index contributed by atoms with van der Waals surface area (Å²) in [7, 11) is 0. The molecular weight excluding hydrogens is 252 g/mol. The van der Waals surface area contributed by atoms with Gasteiger partial charge >= 0.3 is 0 Å². The van der Waals surface area contributed by atoms with Crippen molar-refractivity contribution in [2.75, 3.05) is 0 Å². The number of hydrogen-bond acceptors (Lipinski definition) is 3. The van der Waals surface area contributed by atoms with Crippen molar-refractivity contribution < 1.29 is 9.90 Å². The fraction of sp³-hybridized carbons (Fsp3) is 0.375. The number of pyridine rings is 1. The van der Waals surface area contributed by atoms with Crippen molar-refractivity contribution in [3.8, 4) is 0 Å². The molecule has 4 heteroatoms. The number of benzene rings is 1. The van der Waals surface area contributed by atoms with E-state index in [4.69, 9.17) is 0 Å². The maximum Gasteiger partial charge on any atom is 0.252 e. The van der Waals surface area contributed by atoms with Gasteiger partial charge in [0, 0.05) is 17.6 Å². The third-order valence-electron chi connectivity index (χ3n) is 3.93. The second-order valence-corrected chi connectivity index (χ2v) is 5.35. The molecule has 20 heavy (non-hydrogen) atoms. The minimum Gasteiger partial charge on any atom is -0.393 e. The first kappa shape index (κ1) is 13.1. The normalized spacial score (nSPS) is 22.6. The van der Waals surface area contributed by atoms with Gasteiger partial charge in [0.1, 0.15) is 0 Å². The number of aliphatic hydroxyl groups is 1. The third kappa shape index (κ3) is 2.65. The topological polar surface area (TPSA) is 62.2 Å². The second kappa shape index (κ2) is 5.59. The summed E-state index contributed by atoms with van der Waals surface area (Å²) in [5.41, 5.74) is 1.50. The molecule has 0 spiro atoms. The number of nitrogens with zero attached hydrogens (tertiary/aromatic N) is 1. The molecule has 3 rings (SSSR count). The molecule has 0 unspecified atom stereocenters. The van der Waals surface area contributed by atoms with Crippen molar-refractivity contribution in [3.05, 3.63) is 42.1 Å². The van der Waals surface area contributed by atoms with Gasteiger partial charge in [0.25, 0.3) is 5.91 Å². The predicted octanol–water partition coefficient (Wildman–Crippen LogP) is 2.27. The highest BCUT2D eigenvalue weighted by atomic mass is 16.3. The van der Waals surface area contributed by atoms with Crippen LogP contribution >= 0.6 is 0 Å². The number of hydrogen-bond donors (Lipinski definition) is 2. The van der Waals surface area contributed by atoms with Crippen LogP contribution in [0.3, 0.4) is 0 Å². The molecule has 1 saturated carbocycles. The van der Waals surface area contributed by atoms with E-state index in [0.29, 0.717) is 5.56 Å². The average Bonchev–Trinajstić information content (AvgIpc) is 2.49. The summed E-state index contributed by atoms with van der Waals surface area (Å²) in [5, 5.41) is 13.4. The quantitative estimate of drug-likeness (QED) is 0.880. The first-order chi connectivity index (χ1) is 9.74. The third-order valence-corrected chi connectivity index (χ3v) is 3.93. The average molecular weight is 270 g/mol. The number of carbonyl (C=O) groups excluding carboxylic acids is 1. The van der Waals surface area contributed by atoms with Crippen LogP contribution in [0.1, 0.15) is 36.0 Å². The first-order valence-corrected chi connectivity index (χ1v) is 7.07. The molecule has 0 saturated heterocycles. The van der Waals surface area contributed by atoms with E-state index in [1.54, 1.807) is 12.3 Å². The number of para-hydroxylation sites is 1. The van der Waals surface area contributed by atoms with Crippen molar-refractivity contribution >= 4 is 16.8 Å². The van der Waals surface area contributed by atoms with Crippen molar-refractivity contribution in [2.45, 2.75) is 37.8 Å². The van der Waals surface area contributed by atoms with Crippen LogP contribution in [0.2, 0.25) is 0 Å². The molecule has 1 amide bonds. The van der Waals surface area contributed by atoms with E-state index in [1.165, 1.54) is 0 Å². The zero-order valence-electron chi connectivity index (χ0n) is 11.2. The summed E-state index contributed by atoms with van der Waals surface area (Å²) >= 11 is 0. The van der Waals surface area contributed by atoms with Crippen LogP contribution in [0.25, 0.3) is 10.9 Å². The van der Waals surface area contributed by atoms with Gasteiger partial charge in [-0.1, -0.05) is 18.2 Å². The van der Waals surface area contributed by atoms with Crippen LogP contribution < -0.4 is 5.32 Å². The van der Waals surface area contributed by atoms with Crippen molar-refractivity contribution in [3.63, 3.8) is 0 Å². The minimum absolute atomic E-state index is 0.0509. The number of rotatable bonds is 2. The molecule has 2 aromatic rings. The molecule has 1 heterocycles. The fourth-order valence-corrected chi connectivity index (χ4v) is 2.78. The van der Waals surface area contributed by atoms with Gasteiger partial charge in [-0.05, 0) is 37.8 Å². The Hall–Kier alpha value is -1.94. The van der Waals surface area contributed by atoms with Gasteiger partial charge in [0.2, 0.25) is 0 Å². The molecule has 0 aliphatic heterocycles. The van der Waals surface area contributed by atoms with Gasteiger partial charge < -0.3 is 10.4 Å². The van der Waals surface area contributed by atoms with E-state index in [9.17, 15) is 9.90 Å². The molecule has 4 nitrogen and oxygen atoms in total. The van der Waals surface area contributed by atoms with Crippen LogP contribution in [0.5, 0.6) is 0 Å². The highest BCUT2D eigenvalue weighted by Crippen LogP contribution is 2.20. The lowest BCUT2D eigenvalue weighted by atomic mass is 9.93. The van der Waals surface area contributed by atoms with Gasteiger partial charge in [-0.3, -0.25) is 9.78 Å². The molecule has 2 N–H and O–H groups in total. The lowest BCUT2D eigenvalue weighted by molar-refractivity contribution is 0.0869. The Morgan fingerprint density at radius 2 is 1.90 bits per heavy atom. The van der Waals surface area contributed by atoms with Crippen molar-refractivity contribution in [2.24, 2.45) is 0 Å². The second-order valence-electron chi connectivity index (χ2n) is 5.35. The Morgan fingerprint density at radius 1 is 1.15 bits per heavy atom. The van der Waals surface area contributed by atoms with Gasteiger partial charge in [-0.25, -0.2) is 0 Å². The van der Waals surface area contributed by atoms with Crippen LogP contribution in [0, 0.1) is 0 Å². The van der Waals surface area contributed by atoms with E-state index in [0.717, 1.165) is 36.6 Å². The van der Waals surface area contributed by atoms with E-state index in [2.05, 4.69) is 10.3 Å². The Kier molecular flexibility index (Phi) is 3.65. The number of aliphatic hydroxyl groups excluding tert-OH is 1. The summed E-state index contributed by atoms with van der Waals surface area (Å²) in [5.74, 6) is -0.0509. The summed E-state index contributed by atoms with van der Waals surface area (Å²) in [4.78, 5) is 16.7. The van der Waals surface area contributed by atoms with Gasteiger partial charge in [-0.2, -0.15) is 0 Å². The molecule has 104 valence electrons. The van der Waals surface area contributed by atoms with E-state index in [1.807, 2.05) is 24.3 Å². The van der Waals surface area contributed by atoms with Gasteiger partial charge in [0.05, 0.1) is 17.2 Å². The lowest BCUT2D eigenvalue weighted by Gasteiger charge is -2.26. The number of aromatic nitrogens is 1. The number of fused-ring (bicyclic) bond motifs is 1. The highest BCUT2D eigenvalue weighted by Gasteiger charge is 2.21. The molecule has 1 aliphatic carbocycles. The Labute approximate surface area is 117 Å². The minimum atomic E-state index is -0.204. The summed E-state index contributed by atoms with van der Waals surface area (Å²) in [6, 6.07) is 9.58. The summed E-state index contributed by atoms with van der Waals surface area (Å²) in [6.45, 7) is 0. The molecule has 1 fully saturated rings. The largest absolute Gasteiger partial charge is 0.393 e. The SMILES string of the molecule is O=C(NC1CCC(O)CC1)c1ccnc2ccccc12. The molecule has 1 aliphatic rings. The van der Waals surface area contributed by atoms with Crippen molar-refractivity contribution in [1.29, 1.82) is 0 Å². The zero-order chi connectivity index (χ0) is 13.9. The molecule has 1 aromatic heterocycles. The number of amides is 1. The molecule has 0 bridgehead atoms. The number of carbonyl (C=O) groups is 1. The maximum absolute atomic E-state index is 12.4. The Morgan fingerprint density at radius 3 is 2.70 bits per heavy atom. The standard InChI is InChI=1S/C16H18N2O2/c19-12-7-5-11(6-8-12)18-16(20)14-9-10-17-15-4-2-1-3-13(14)15/h1-4,9-12,19H,5-8H2,(H,18,20). The highest BCUT2D eigenvalue weighted by molar-refractivity contribution is 6.06. The molecule has 0 radical (unpaired) electrons. The summed E-state index contributed by atoms with van der Waals surface area (Å²) < 4.78 is 0. The zero-order valence-corrected chi connectivity index (χ0v) is 11.2. The van der Waals surface area contributed by atoms with Crippen molar-refractivity contribution in [1.82, 2.24) is 10.3 Å². The van der Waals surface area contributed by atoms with E-state index >= 15 is 0 Å². The van der Waals surface area contributed by atoms with Crippen LogP contribution in [-0.2, 0) is 0 Å². The molecular formula is C16H18N2O2. The van der Waals surface area contributed by atoms with Crippen LogP contribution in [0.4, 0.5) is 0 Å². The first-order valence-electron chi connectivity index (χ1n) is 7.07. The van der Waals surface area contributed by atoms with Gasteiger partial charge in [0.15, 0.2) is 0 Å². The van der Waals surface area contributed by atoms with Crippen LogP contribution in [-0.4, -0.2) is 28.1 Å². The Bertz CT molecular complexity index is 613. The molecule has 1 aromatic carbocycles. The van der Waals surface area contributed by atoms with E-state index < -0.39 is 0 Å². The smallest absolute Gasteiger partial charge is 0.252 e. The lowest BCUT2D eigenvalue weighted by Crippen LogP contribution is -2.38. The monoisotopic (exact) mass is 270 g/mol. The molecule has 0 atom stereocenters. The fourth-order valence-electron chi connectivity index (χ4n) is 2.78. The van der Waals surface area contributed by atoms with Gasteiger partial charge in [-0.15, -0.1) is 0 Å². The van der Waals surface area contributed by atoms with E-state index in [-0.39, 0.29) is 18.1 Å². The summed E-state index contributed by atoms with van der Waals surface area (Å²) in [6.07, 6.45) is 4.68. The maximum atomic E-state index is 12.4.